The molecule has 2 rings (SSSR count). The first-order valence-corrected chi connectivity index (χ1v) is 7.22. The van der Waals surface area contributed by atoms with Gasteiger partial charge in [-0.15, -0.1) is 0 Å². The van der Waals surface area contributed by atoms with Crippen LogP contribution in [0.1, 0.15) is 27.7 Å². The minimum atomic E-state index is -0.528. The van der Waals surface area contributed by atoms with Gasteiger partial charge in [0.15, 0.2) is 5.82 Å². The molecule has 1 aromatic rings. The first kappa shape index (κ1) is 16.5. The Morgan fingerprint density at radius 1 is 1.27 bits per heavy atom. The molecule has 122 valence electrons. The molecule has 1 N–H and O–H groups in total. The summed E-state index contributed by atoms with van der Waals surface area (Å²) in [5.74, 6) is -0.236. The number of halogens is 1. The predicted molar refractivity (Wildman–Crippen MR) is 82.8 cm³/mol. The number of hydrogen-bond donors (Lipinski definition) is 1. The fourth-order valence-corrected chi connectivity index (χ4v) is 2.91. The fraction of sp³-hybridized carbons (Fsp3) is 0.562. The summed E-state index contributed by atoms with van der Waals surface area (Å²) in [6.45, 7) is 8.57. The third kappa shape index (κ3) is 3.68. The number of morpholine rings is 1. The lowest BCUT2D eigenvalue weighted by atomic mass is 9.99. The number of amides is 2. The first-order valence-electron chi connectivity index (χ1n) is 7.22. The Hall–Kier alpha value is -1.82. The molecule has 0 aromatic heterocycles. The van der Waals surface area contributed by atoms with Gasteiger partial charge in [0.2, 0.25) is 0 Å². The van der Waals surface area contributed by atoms with Crippen LogP contribution >= 0.6 is 0 Å². The summed E-state index contributed by atoms with van der Waals surface area (Å²) in [7, 11) is 1.44. The highest BCUT2D eigenvalue weighted by Crippen LogP contribution is 2.30. The second kappa shape index (κ2) is 5.76. The number of nitrogens with zero attached hydrogens (tertiary/aromatic N) is 1. The van der Waals surface area contributed by atoms with Crippen LogP contribution in [-0.4, -0.2) is 42.3 Å². The summed E-state index contributed by atoms with van der Waals surface area (Å²) in [5.41, 5.74) is -0.867. The smallest absolute Gasteiger partial charge is 0.322 e. The maximum atomic E-state index is 13.9. The summed E-state index contributed by atoms with van der Waals surface area (Å²) in [5, 5.41) is 2.61. The molecule has 0 spiro atoms. The molecule has 0 atom stereocenters. The quantitative estimate of drug-likeness (QED) is 0.912. The van der Waals surface area contributed by atoms with Crippen molar-refractivity contribution in [3.05, 3.63) is 24.0 Å². The van der Waals surface area contributed by atoms with E-state index in [1.54, 1.807) is 11.0 Å². The minimum Gasteiger partial charge on any atom is -0.494 e. The maximum Gasteiger partial charge on any atom is 0.322 e. The van der Waals surface area contributed by atoms with Gasteiger partial charge in [-0.25, -0.2) is 9.18 Å². The Balaban J connectivity index is 2.19. The Morgan fingerprint density at radius 3 is 2.41 bits per heavy atom. The predicted octanol–water partition coefficient (Wildman–Crippen LogP) is 3.26. The molecule has 1 fully saturated rings. The van der Waals surface area contributed by atoms with Gasteiger partial charge in [-0.2, -0.15) is 0 Å². The van der Waals surface area contributed by atoms with Crippen molar-refractivity contribution >= 4 is 11.7 Å². The molecule has 0 radical (unpaired) electrons. The van der Waals surface area contributed by atoms with Gasteiger partial charge in [0.1, 0.15) is 11.4 Å². The fourth-order valence-electron chi connectivity index (χ4n) is 2.91. The van der Waals surface area contributed by atoms with Crippen LogP contribution in [0.25, 0.3) is 0 Å². The van der Waals surface area contributed by atoms with Crippen LogP contribution in [0.2, 0.25) is 0 Å². The average molecular weight is 310 g/mol. The van der Waals surface area contributed by atoms with Gasteiger partial charge < -0.3 is 19.7 Å². The molecule has 0 unspecified atom stereocenters. The molecule has 1 aliphatic heterocycles. The van der Waals surface area contributed by atoms with E-state index in [2.05, 4.69) is 5.32 Å². The van der Waals surface area contributed by atoms with Crippen molar-refractivity contribution in [3.63, 3.8) is 0 Å². The zero-order chi connectivity index (χ0) is 16.5. The number of anilines is 1. The molecule has 5 nitrogen and oxygen atoms in total. The Labute approximate surface area is 130 Å². The van der Waals surface area contributed by atoms with Gasteiger partial charge in [-0.3, -0.25) is 0 Å². The monoisotopic (exact) mass is 310 g/mol. The van der Waals surface area contributed by atoms with Crippen molar-refractivity contribution < 1.29 is 18.7 Å². The van der Waals surface area contributed by atoms with Gasteiger partial charge >= 0.3 is 6.03 Å². The number of methoxy groups -OCH3 is 1. The summed E-state index contributed by atoms with van der Waals surface area (Å²) < 4.78 is 25.0. The number of nitrogens with one attached hydrogen (secondary N) is 1. The van der Waals surface area contributed by atoms with E-state index >= 15 is 0 Å². The minimum absolute atomic E-state index is 0.0529. The molecule has 1 saturated heterocycles. The highest BCUT2D eigenvalue weighted by Gasteiger charge is 2.40. The maximum absolute atomic E-state index is 13.9. The van der Waals surface area contributed by atoms with E-state index in [1.165, 1.54) is 19.2 Å². The molecular formula is C16H23FN2O3. The Bertz CT molecular complexity index is 557. The van der Waals surface area contributed by atoms with Crippen molar-refractivity contribution in [2.45, 2.75) is 38.9 Å². The number of hydrogen-bond acceptors (Lipinski definition) is 3. The number of urea groups is 1. The van der Waals surface area contributed by atoms with E-state index in [0.717, 1.165) is 0 Å². The van der Waals surface area contributed by atoms with Crippen LogP contribution in [0, 0.1) is 5.82 Å². The van der Waals surface area contributed by atoms with Crippen LogP contribution in [0.5, 0.6) is 5.75 Å². The van der Waals surface area contributed by atoms with Crippen LogP contribution in [0.4, 0.5) is 14.9 Å². The lowest BCUT2D eigenvalue weighted by Crippen LogP contribution is -2.59. The highest BCUT2D eigenvalue weighted by atomic mass is 19.1. The third-order valence-corrected chi connectivity index (χ3v) is 3.41. The molecular weight excluding hydrogens is 287 g/mol. The normalized spacial score (nSPS) is 19.6. The summed E-state index contributed by atoms with van der Waals surface area (Å²) >= 11 is 0. The molecule has 2 amide bonds. The van der Waals surface area contributed by atoms with Gasteiger partial charge in [-0.1, -0.05) is 6.07 Å². The number of carbonyl (C=O) groups is 1. The van der Waals surface area contributed by atoms with Gasteiger partial charge in [0, 0.05) is 0 Å². The van der Waals surface area contributed by atoms with Crippen LogP contribution in [0.15, 0.2) is 18.2 Å². The molecule has 1 aliphatic rings. The van der Waals surface area contributed by atoms with Crippen LogP contribution < -0.4 is 10.1 Å². The van der Waals surface area contributed by atoms with Gasteiger partial charge in [0.05, 0.1) is 31.4 Å². The van der Waals surface area contributed by atoms with Crippen molar-refractivity contribution in [1.29, 1.82) is 0 Å². The van der Waals surface area contributed by atoms with Crippen molar-refractivity contribution in [2.24, 2.45) is 0 Å². The Kier molecular flexibility index (Phi) is 4.33. The molecule has 0 aliphatic carbocycles. The second-order valence-corrected chi connectivity index (χ2v) is 6.72. The number of carbonyl (C=O) groups excluding carboxylic acids is 1. The van der Waals surface area contributed by atoms with Crippen LogP contribution in [-0.2, 0) is 4.74 Å². The standard InChI is InChI=1S/C16H23FN2O3/c1-15(2)9-19(10-16(3,4)22-15)14(20)18-13-11(17)7-6-8-12(13)21-5/h6-8H,9-10H2,1-5H3,(H,18,20). The number of para-hydroxylation sites is 1. The van der Waals surface area contributed by atoms with E-state index in [1.807, 2.05) is 27.7 Å². The molecule has 0 saturated carbocycles. The summed E-state index contributed by atoms with van der Waals surface area (Å²) in [6.07, 6.45) is 0. The average Bonchev–Trinajstić information content (AvgIpc) is 2.37. The largest absolute Gasteiger partial charge is 0.494 e. The lowest BCUT2D eigenvalue weighted by Gasteiger charge is -2.46. The molecule has 6 heteroatoms. The van der Waals surface area contributed by atoms with Gasteiger partial charge in [0.25, 0.3) is 0 Å². The molecule has 22 heavy (non-hydrogen) atoms. The third-order valence-electron chi connectivity index (χ3n) is 3.41. The molecule has 1 aromatic carbocycles. The zero-order valence-electron chi connectivity index (χ0n) is 13.7. The molecule has 1 heterocycles. The summed E-state index contributed by atoms with van der Waals surface area (Å²) in [4.78, 5) is 14.1. The highest BCUT2D eigenvalue weighted by molar-refractivity contribution is 5.91. The summed E-state index contributed by atoms with van der Waals surface area (Å²) in [6, 6.07) is 4.05. The first-order chi connectivity index (χ1) is 10.1. The van der Waals surface area contributed by atoms with Crippen molar-refractivity contribution in [1.82, 2.24) is 4.90 Å². The topological polar surface area (TPSA) is 50.8 Å². The number of ether oxygens (including phenoxy) is 2. The van der Waals surface area contributed by atoms with E-state index in [9.17, 15) is 9.18 Å². The van der Waals surface area contributed by atoms with Gasteiger partial charge in [-0.05, 0) is 39.8 Å². The van der Waals surface area contributed by atoms with E-state index in [0.29, 0.717) is 18.8 Å². The van der Waals surface area contributed by atoms with Crippen molar-refractivity contribution in [2.75, 3.05) is 25.5 Å². The van der Waals surface area contributed by atoms with E-state index in [-0.39, 0.29) is 11.7 Å². The second-order valence-electron chi connectivity index (χ2n) is 6.72. The van der Waals surface area contributed by atoms with Crippen molar-refractivity contribution in [3.8, 4) is 5.75 Å². The zero-order valence-corrected chi connectivity index (χ0v) is 13.7. The van der Waals surface area contributed by atoms with E-state index < -0.39 is 17.0 Å². The van der Waals surface area contributed by atoms with Crippen LogP contribution in [0.3, 0.4) is 0 Å². The SMILES string of the molecule is COc1cccc(F)c1NC(=O)N1CC(C)(C)OC(C)(C)C1. The Morgan fingerprint density at radius 2 is 1.86 bits per heavy atom. The molecule has 0 bridgehead atoms. The number of benzene rings is 1. The number of rotatable bonds is 2. The van der Waals surface area contributed by atoms with E-state index in [4.69, 9.17) is 9.47 Å². The lowest BCUT2D eigenvalue weighted by molar-refractivity contribution is -0.169.